The Bertz CT molecular complexity index is 1090. The summed E-state index contributed by atoms with van der Waals surface area (Å²) in [6.07, 6.45) is 3.98. The Morgan fingerprint density at radius 1 is 1.21 bits per heavy atom. The van der Waals surface area contributed by atoms with Crippen LogP contribution in [0.4, 0.5) is 0 Å². The zero-order valence-electron chi connectivity index (χ0n) is 20.3. The van der Waals surface area contributed by atoms with Gasteiger partial charge in [0.1, 0.15) is 5.82 Å². The number of morpholine rings is 1. The van der Waals surface area contributed by atoms with Gasteiger partial charge in [-0.05, 0) is 50.9 Å². The van der Waals surface area contributed by atoms with Crippen LogP contribution in [0.5, 0.6) is 0 Å². The fourth-order valence-corrected chi connectivity index (χ4v) is 6.30. The summed E-state index contributed by atoms with van der Waals surface area (Å²) in [5.74, 6) is 1.07. The van der Waals surface area contributed by atoms with Crippen molar-refractivity contribution in [3.63, 3.8) is 0 Å². The number of likely N-dealkylation sites (tertiary alicyclic amines) is 1. The molecule has 0 radical (unpaired) electrons. The molecule has 2 fully saturated rings. The number of nitrogens with one attached hydrogen (secondary N) is 1. The van der Waals surface area contributed by atoms with E-state index in [1.165, 1.54) is 4.31 Å². The predicted molar refractivity (Wildman–Crippen MR) is 131 cm³/mol. The SMILES string of the molecule is CCCCNC(=O)C1CCCN(Cc2nc3cc(S(=O)(=O)N4CCOCC4)ccc3n2CC)C1. The number of hydrogen-bond acceptors (Lipinski definition) is 6. The molecule has 3 heterocycles. The number of aromatic nitrogens is 2. The molecule has 2 aliphatic heterocycles. The summed E-state index contributed by atoms with van der Waals surface area (Å²) in [6.45, 7) is 9.57. The monoisotopic (exact) mass is 491 g/mol. The van der Waals surface area contributed by atoms with Crippen LogP contribution >= 0.6 is 0 Å². The number of fused-ring (bicyclic) bond motifs is 1. The molecule has 9 nitrogen and oxygen atoms in total. The van der Waals surface area contributed by atoms with Crippen molar-refractivity contribution in [2.75, 3.05) is 45.9 Å². The van der Waals surface area contributed by atoms with Crippen molar-refractivity contribution in [1.29, 1.82) is 0 Å². The molecule has 1 N–H and O–H groups in total. The van der Waals surface area contributed by atoms with Gasteiger partial charge in [0, 0.05) is 32.7 Å². The Morgan fingerprint density at radius 3 is 2.74 bits per heavy atom. The maximum Gasteiger partial charge on any atom is 0.243 e. The number of benzene rings is 1. The minimum atomic E-state index is -3.57. The molecule has 188 valence electrons. The molecule has 0 bridgehead atoms. The third-order valence-corrected chi connectivity index (χ3v) is 8.69. The molecule has 10 heteroatoms. The van der Waals surface area contributed by atoms with Crippen LogP contribution in [0.2, 0.25) is 0 Å². The Hall–Kier alpha value is -2.01. The second-order valence-corrected chi connectivity index (χ2v) is 11.1. The Labute approximate surface area is 202 Å². The number of hydrogen-bond donors (Lipinski definition) is 1. The van der Waals surface area contributed by atoms with Gasteiger partial charge in [-0.1, -0.05) is 13.3 Å². The third kappa shape index (κ3) is 5.45. The van der Waals surface area contributed by atoms with Crippen LogP contribution in [0.15, 0.2) is 23.1 Å². The van der Waals surface area contributed by atoms with Gasteiger partial charge >= 0.3 is 0 Å². The number of rotatable bonds is 9. The summed E-state index contributed by atoms with van der Waals surface area (Å²) in [4.78, 5) is 20.0. The Kier molecular flexibility index (Phi) is 8.23. The number of sulfonamides is 1. The second-order valence-electron chi connectivity index (χ2n) is 9.16. The number of ether oxygens (including phenoxy) is 1. The highest BCUT2D eigenvalue weighted by atomic mass is 32.2. The van der Waals surface area contributed by atoms with Crippen molar-refractivity contribution >= 4 is 27.0 Å². The smallest absolute Gasteiger partial charge is 0.243 e. The van der Waals surface area contributed by atoms with E-state index in [0.29, 0.717) is 38.4 Å². The van der Waals surface area contributed by atoms with E-state index in [9.17, 15) is 13.2 Å². The largest absolute Gasteiger partial charge is 0.379 e. The van der Waals surface area contributed by atoms with Crippen molar-refractivity contribution < 1.29 is 17.9 Å². The van der Waals surface area contributed by atoms with E-state index in [1.807, 2.05) is 6.07 Å². The van der Waals surface area contributed by atoms with E-state index in [1.54, 1.807) is 12.1 Å². The molecule has 1 aromatic heterocycles. The van der Waals surface area contributed by atoms with Crippen LogP contribution in [0.25, 0.3) is 11.0 Å². The minimum absolute atomic E-state index is 0.00956. The molecule has 4 rings (SSSR count). The van der Waals surface area contributed by atoms with E-state index in [4.69, 9.17) is 9.72 Å². The Morgan fingerprint density at radius 2 is 2.00 bits per heavy atom. The number of nitrogens with zero attached hydrogens (tertiary/aromatic N) is 4. The minimum Gasteiger partial charge on any atom is -0.379 e. The van der Waals surface area contributed by atoms with Crippen molar-refractivity contribution in [1.82, 2.24) is 24.1 Å². The molecule has 34 heavy (non-hydrogen) atoms. The summed E-state index contributed by atoms with van der Waals surface area (Å²) in [6, 6.07) is 5.24. The van der Waals surface area contributed by atoms with Gasteiger partial charge in [-0.25, -0.2) is 13.4 Å². The highest BCUT2D eigenvalue weighted by molar-refractivity contribution is 7.89. The lowest BCUT2D eigenvalue weighted by atomic mass is 9.97. The lowest BCUT2D eigenvalue weighted by molar-refractivity contribution is -0.126. The molecule has 1 unspecified atom stereocenters. The summed E-state index contributed by atoms with van der Waals surface area (Å²) in [7, 11) is -3.57. The lowest BCUT2D eigenvalue weighted by Gasteiger charge is -2.31. The zero-order chi connectivity index (χ0) is 24.1. The standard InChI is InChI=1S/C24H37N5O4S/c1-3-5-10-25-24(30)19-7-6-11-27(17-19)18-23-26-21-16-20(8-9-22(21)29(23)4-2)34(31,32)28-12-14-33-15-13-28/h8-9,16,19H,3-7,10-15,17-18H2,1-2H3,(H,25,30). The normalized spacial score (nSPS) is 20.6. The van der Waals surface area contributed by atoms with Gasteiger partial charge in [0.15, 0.2) is 0 Å². The molecule has 1 amide bonds. The van der Waals surface area contributed by atoms with Crippen molar-refractivity contribution in [3.05, 3.63) is 24.0 Å². The average molecular weight is 492 g/mol. The number of piperidine rings is 1. The zero-order valence-corrected chi connectivity index (χ0v) is 21.1. The first-order valence-electron chi connectivity index (χ1n) is 12.5. The molecule has 1 atom stereocenters. The molecule has 0 spiro atoms. The highest BCUT2D eigenvalue weighted by Crippen LogP contribution is 2.25. The first kappa shape index (κ1) is 25.1. The van der Waals surface area contributed by atoms with Crippen LogP contribution in [0.3, 0.4) is 0 Å². The first-order chi connectivity index (χ1) is 16.4. The van der Waals surface area contributed by atoms with Crippen LogP contribution in [-0.4, -0.2) is 79.0 Å². The Balaban J connectivity index is 1.51. The van der Waals surface area contributed by atoms with E-state index in [2.05, 4.69) is 28.6 Å². The molecule has 0 aliphatic carbocycles. The van der Waals surface area contributed by atoms with Gasteiger partial charge in [0.2, 0.25) is 15.9 Å². The van der Waals surface area contributed by atoms with E-state index in [0.717, 1.165) is 63.2 Å². The van der Waals surface area contributed by atoms with E-state index < -0.39 is 10.0 Å². The number of amides is 1. The molecular formula is C24H37N5O4S. The van der Waals surface area contributed by atoms with Gasteiger partial charge in [-0.2, -0.15) is 4.31 Å². The fraction of sp³-hybridized carbons (Fsp3) is 0.667. The van der Waals surface area contributed by atoms with Gasteiger partial charge < -0.3 is 14.6 Å². The third-order valence-electron chi connectivity index (χ3n) is 6.79. The van der Waals surface area contributed by atoms with Crippen LogP contribution < -0.4 is 5.32 Å². The number of carbonyl (C=O) groups is 1. The van der Waals surface area contributed by atoms with E-state index in [-0.39, 0.29) is 16.7 Å². The van der Waals surface area contributed by atoms with Crippen LogP contribution in [0, 0.1) is 5.92 Å². The number of carbonyl (C=O) groups excluding carboxylic acids is 1. The fourth-order valence-electron chi connectivity index (χ4n) is 4.88. The second kappa shape index (κ2) is 11.2. The quantitative estimate of drug-likeness (QED) is 0.540. The van der Waals surface area contributed by atoms with Crippen molar-refractivity contribution in [3.8, 4) is 0 Å². The molecular weight excluding hydrogens is 454 g/mol. The first-order valence-corrected chi connectivity index (χ1v) is 13.9. The maximum absolute atomic E-state index is 13.1. The number of imidazole rings is 1. The summed E-state index contributed by atoms with van der Waals surface area (Å²) < 4.78 is 35.1. The van der Waals surface area contributed by atoms with E-state index >= 15 is 0 Å². The molecule has 2 saturated heterocycles. The van der Waals surface area contributed by atoms with Gasteiger partial charge in [-0.3, -0.25) is 9.69 Å². The number of unbranched alkanes of at least 4 members (excludes halogenated alkanes) is 1. The predicted octanol–water partition coefficient (Wildman–Crippen LogP) is 2.21. The molecule has 0 saturated carbocycles. The maximum atomic E-state index is 13.1. The molecule has 2 aliphatic rings. The average Bonchev–Trinajstić information content (AvgIpc) is 3.20. The van der Waals surface area contributed by atoms with Gasteiger partial charge in [-0.15, -0.1) is 0 Å². The van der Waals surface area contributed by atoms with Crippen LogP contribution in [0.1, 0.15) is 45.4 Å². The molecule has 1 aromatic carbocycles. The summed E-state index contributed by atoms with van der Waals surface area (Å²) >= 11 is 0. The summed E-state index contributed by atoms with van der Waals surface area (Å²) in [5, 5.41) is 3.07. The van der Waals surface area contributed by atoms with Crippen molar-refractivity contribution in [2.24, 2.45) is 5.92 Å². The van der Waals surface area contributed by atoms with Crippen molar-refractivity contribution in [2.45, 2.75) is 57.5 Å². The van der Waals surface area contributed by atoms with Gasteiger partial charge in [0.05, 0.1) is 41.6 Å². The lowest BCUT2D eigenvalue weighted by Crippen LogP contribution is -2.43. The highest BCUT2D eigenvalue weighted by Gasteiger charge is 2.28. The number of aryl methyl sites for hydroxylation is 1. The summed E-state index contributed by atoms with van der Waals surface area (Å²) in [5.41, 5.74) is 1.63. The topological polar surface area (TPSA) is 96.8 Å². The van der Waals surface area contributed by atoms with Crippen LogP contribution in [-0.2, 0) is 32.6 Å². The molecule has 2 aromatic rings. The van der Waals surface area contributed by atoms with Gasteiger partial charge in [0.25, 0.3) is 0 Å².